The smallest absolute Gasteiger partial charge is 0.123 e. The van der Waals surface area contributed by atoms with Gasteiger partial charge in [0.1, 0.15) is 11.6 Å². The molecular weight excluding hydrogens is 241 g/mol. The molecule has 2 N–H and O–H groups in total. The maximum Gasteiger partial charge on any atom is 0.123 e. The Balaban J connectivity index is 2.13. The monoisotopic (exact) mass is 255 g/mol. The highest BCUT2D eigenvalue weighted by Crippen LogP contribution is 2.34. The van der Waals surface area contributed by atoms with Crippen molar-refractivity contribution in [3.63, 3.8) is 0 Å². The van der Waals surface area contributed by atoms with Gasteiger partial charge in [0.15, 0.2) is 0 Å². The second kappa shape index (κ2) is 4.43. The third-order valence-electron chi connectivity index (χ3n) is 3.54. The van der Waals surface area contributed by atoms with Crippen molar-refractivity contribution >= 4 is 10.9 Å². The zero-order valence-electron chi connectivity index (χ0n) is 10.5. The van der Waals surface area contributed by atoms with Crippen molar-refractivity contribution in [2.45, 2.75) is 12.8 Å². The van der Waals surface area contributed by atoms with Gasteiger partial charge in [-0.3, -0.25) is 0 Å². The molecule has 3 rings (SSSR count). The Bertz CT molecular complexity index is 732. The number of phenolic OH excluding ortho intramolecular Hbond substituents is 1. The van der Waals surface area contributed by atoms with Gasteiger partial charge in [0.25, 0.3) is 0 Å². The van der Waals surface area contributed by atoms with Gasteiger partial charge in [-0.1, -0.05) is 25.1 Å². The van der Waals surface area contributed by atoms with Crippen LogP contribution in [-0.2, 0) is 0 Å². The van der Waals surface area contributed by atoms with Gasteiger partial charge in [0.2, 0.25) is 0 Å². The number of aromatic amines is 1. The van der Waals surface area contributed by atoms with Gasteiger partial charge in [-0.05, 0) is 29.8 Å². The summed E-state index contributed by atoms with van der Waals surface area (Å²) in [6.45, 7) is 1.96. The maximum atomic E-state index is 13.3. The average molecular weight is 255 g/mol. The second-order valence-electron chi connectivity index (χ2n) is 4.71. The molecule has 0 radical (unpaired) electrons. The van der Waals surface area contributed by atoms with Crippen LogP contribution in [-0.4, -0.2) is 10.1 Å². The first-order valence-electron chi connectivity index (χ1n) is 6.21. The van der Waals surface area contributed by atoms with Crippen LogP contribution >= 0.6 is 0 Å². The molecule has 96 valence electrons. The molecule has 0 aliphatic heterocycles. The molecule has 3 heteroatoms. The average Bonchev–Trinajstić information content (AvgIpc) is 2.84. The maximum absolute atomic E-state index is 13.3. The van der Waals surface area contributed by atoms with E-state index in [-0.39, 0.29) is 17.5 Å². The molecule has 0 amide bonds. The molecule has 1 unspecified atom stereocenters. The molecule has 1 heterocycles. The minimum Gasteiger partial charge on any atom is -0.508 e. The summed E-state index contributed by atoms with van der Waals surface area (Å²) in [5, 5.41) is 11.0. The minimum atomic E-state index is -0.334. The van der Waals surface area contributed by atoms with Crippen LogP contribution in [0.25, 0.3) is 10.9 Å². The molecule has 0 saturated heterocycles. The molecule has 2 aromatic carbocycles. The summed E-state index contributed by atoms with van der Waals surface area (Å²) in [7, 11) is 0. The normalized spacial score (nSPS) is 12.7. The highest BCUT2D eigenvalue weighted by atomic mass is 19.1. The van der Waals surface area contributed by atoms with Crippen LogP contribution in [0.3, 0.4) is 0 Å². The number of phenols is 1. The molecule has 0 spiro atoms. The van der Waals surface area contributed by atoms with Crippen LogP contribution in [0.1, 0.15) is 24.0 Å². The number of aromatic hydroxyl groups is 1. The predicted molar refractivity (Wildman–Crippen MR) is 73.9 cm³/mol. The fraction of sp³-hybridized carbons (Fsp3) is 0.125. The lowest BCUT2D eigenvalue weighted by atomic mass is 9.92. The molecule has 0 saturated carbocycles. The summed E-state index contributed by atoms with van der Waals surface area (Å²) >= 11 is 0. The van der Waals surface area contributed by atoms with Crippen molar-refractivity contribution in [2.24, 2.45) is 0 Å². The van der Waals surface area contributed by atoms with Crippen molar-refractivity contribution in [1.29, 1.82) is 0 Å². The molecule has 0 aliphatic carbocycles. The van der Waals surface area contributed by atoms with Crippen molar-refractivity contribution in [3.8, 4) is 5.75 Å². The largest absolute Gasteiger partial charge is 0.508 e. The third-order valence-corrected chi connectivity index (χ3v) is 3.54. The van der Waals surface area contributed by atoms with E-state index in [4.69, 9.17) is 0 Å². The van der Waals surface area contributed by atoms with E-state index in [9.17, 15) is 9.50 Å². The number of H-pyrrole nitrogens is 1. The van der Waals surface area contributed by atoms with Gasteiger partial charge in [-0.15, -0.1) is 0 Å². The van der Waals surface area contributed by atoms with E-state index in [2.05, 4.69) is 4.98 Å². The molecule has 1 atom stereocenters. The molecule has 0 fully saturated rings. The molecule has 1 aromatic heterocycles. The lowest BCUT2D eigenvalue weighted by Crippen LogP contribution is -1.96. The lowest BCUT2D eigenvalue weighted by molar-refractivity contribution is 0.463. The van der Waals surface area contributed by atoms with Gasteiger partial charge in [-0.2, -0.15) is 0 Å². The molecular formula is C16H14FNO. The molecule has 0 aliphatic rings. The number of hydrogen-bond acceptors (Lipinski definition) is 1. The summed E-state index contributed by atoms with van der Waals surface area (Å²) in [6, 6.07) is 12.0. The third kappa shape index (κ3) is 1.97. The van der Waals surface area contributed by atoms with Gasteiger partial charge < -0.3 is 10.1 Å². The topological polar surface area (TPSA) is 36.0 Å². The first-order chi connectivity index (χ1) is 9.16. The second-order valence-corrected chi connectivity index (χ2v) is 4.71. The van der Waals surface area contributed by atoms with E-state index in [1.807, 2.05) is 37.4 Å². The Hall–Kier alpha value is -2.29. The summed E-state index contributed by atoms with van der Waals surface area (Å²) in [6.07, 6.45) is 1.92. The summed E-state index contributed by atoms with van der Waals surface area (Å²) in [4.78, 5) is 3.20. The first-order valence-corrected chi connectivity index (χ1v) is 6.21. The van der Waals surface area contributed by atoms with E-state index in [0.29, 0.717) is 5.56 Å². The van der Waals surface area contributed by atoms with Crippen LogP contribution in [0.2, 0.25) is 0 Å². The molecule has 2 nitrogen and oxygen atoms in total. The first kappa shape index (κ1) is 11.8. The number of rotatable bonds is 2. The number of hydrogen-bond donors (Lipinski definition) is 2. The van der Waals surface area contributed by atoms with Crippen molar-refractivity contribution in [2.75, 3.05) is 0 Å². The van der Waals surface area contributed by atoms with Gasteiger partial charge in [-0.25, -0.2) is 4.39 Å². The van der Waals surface area contributed by atoms with Crippen LogP contribution in [0.4, 0.5) is 4.39 Å². The van der Waals surface area contributed by atoms with E-state index in [1.165, 1.54) is 18.2 Å². The number of nitrogens with one attached hydrogen (secondary N) is 1. The number of para-hydroxylation sites is 1. The Morgan fingerprint density at radius 1 is 1.11 bits per heavy atom. The Labute approximate surface area is 110 Å². The van der Waals surface area contributed by atoms with Crippen molar-refractivity contribution in [3.05, 3.63) is 65.6 Å². The van der Waals surface area contributed by atoms with E-state index in [1.54, 1.807) is 0 Å². The standard InChI is InChI=1S/C16H14FNO/c1-10(13-8-11(17)6-7-16(13)19)14-9-18-15-5-3-2-4-12(14)15/h2-10,18-19H,1H3. The summed E-state index contributed by atoms with van der Waals surface area (Å²) in [5.74, 6) is -0.287. The zero-order valence-corrected chi connectivity index (χ0v) is 10.5. The quantitative estimate of drug-likeness (QED) is 0.708. The van der Waals surface area contributed by atoms with E-state index in [0.717, 1.165) is 16.5 Å². The molecule has 0 bridgehead atoms. The lowest BCUT2D eigenvalue weighted by Gasteiger charge is -2.13. The summed E-state index contributed by atoms with van der Waals surface area (Å²) in [5.41, 5.74) is 2.70. The van der Waals surface area contributed by atoms with Gasteiger partial charge >= 0.3 is 0 Å². The van der Waals surface area contributed by atoms with Crippen LogP contribution in [0.5, 0.6) is 5.75 Å². The van der Waals surface area contributed by atoms with E-state index < -0.39 is 0 Å². The van der Waals surface area contributed by atoms with Crippen molar-refractivity contribution in [1.82, 2.24) is 4.98 Å². The number of aromatic nitrogens is 1. The van der Waals surface area contributed by atoms with E-state index >= 15 is 0 Å². The van der Waals surface area contributed by atoms with Crippen LogP contribution in [0.15, 0.2) is 48.7 Å². The number of benzene rings is 2. The molecule has 3 aromatic rings. The van der Waals surface area contributed by atoms with Crippen LogP contribution in [0, 0.1) is 5.82 Å². The van der Waals surface area contributed by atoms with Gasteiger partial charge in [0, 0.05) is 28.6 Å². The Morgan fingerprint density at radius 2 is 1.89 bits per heavy atom. The summed E-state index contributed by atoms with van der Waals surface area (Å²) < 4.78 is 13.3. The number of halogens is 1. The minimum absolute atomic E-state index is 0.0770. The Morgan fingerprint density at radius 3 is 2.74 bits per heavy atom. The fourth-order valence-electron chi connectivity index (χ4n) is 2.49. The Kier molecular flexibility index (Phi) is 2.75. The van der Waals surface area contributed by atoms with Crippen molar-refractivity contribution < 1.29 is 9.50 Å². The highest BCUT2D eigenvalue weighted by molar-refractivity contribution is 5.84. The zero-order chi connectivity index (χ0) is 13.4. The fourth-order valence-corrected chi connectivity index (χ4v) is 2.49. The highest BCUT2D eigenvalue weighted by Gasteiger charge is 2.16. The van der Waals surface area contributed by atoms with Gasteiger partial charge in [0.05, 0.1) is 0 Å². The predicted octanol–water partition coefficient (Wildman–Crippen LogP) is 4.16. The SMILES string of the molecule is CC(c1cc(F)ccc1O)c1c[nH]c2ccccc12. The van der Waals surface area contributed by atoms with Crippen LogP contribution < -0.4 is 0 Å². The number of fused-ring (bicyclic) bond motifs is 1. The molecule has 19 heavy (non-hydrogen) atoms.